The minimum Gasteiger partial charge on any atom is -0.480 e. The number of nitrogens with zero attached hydrogens (tertiary/aromatic N) is 1. The van der Waals surface area contributed by atoms with Crippen LogP contribution >= 0.6 is 0 Å². The highest BCUT2D eigenvalue weighted by molar-refractivity contribution is 5.91. The lowest BCUT2D eigenvalue weighted by Crippen LogP contribution is -2.37. The number of aromatic nitrogens is 1. The number of carbonyl (C=O) groups excluding carboxylic acids is 1. The summed E-state index contributed by atoms with van der Waals surface area (Å²) in [7, 11) is 0. The predicted molar refractivity (Wildman–Crippen MR) is 81.2 cm³/mol. The summed E-state index contributed by atoms with van der Waals surface area (Å²) in [4.78, 5) is 27.7. The van der Waals surface area contributed by atoms with E-state index in [2.05, 4.69) is 4.98 Å². The SMILES string of the molecule is CCCN(CC(=O)O)C(=O)Cc1c[nH]c2c(C)cccc12. The van der Waals surface area contributed by atoms with Gasteiger partial charge in [-0.3, -0.25) is 9.59 Å². The number of amides is 1. The number of benzene rings is 1. The smallest absolute Gasteiger partial charge is 0.323 e. The van der Waals surface area contributed by atoms with E-state index in [4.69, 9.17) is 5.11 Å². The Labute approximate surface area is 123 Å². The van der Waals surface area contributed by atoms with Gasteiger partial charge in [-0.05, 0) is 24.5 Å². The fourth-order valence-corrected chi connectivity index (χ4v) is 2.51. The predicted octanol–water partition coefficient (Wildman–Crippen LogP) is 2.34. The molecule has 1 aromatic heterocycles. The second-order valence-electron chi connectivity index (χ2n) is 5.20. The molecule has 112 valence electrons. The average Bonchev–Trinajstić information content (AvgIpc) is 2.82. The molecule has 0 unspecified atom stereocenters. The number of hydrogen-bond donors (Lipinski definition) is 2. The minimum absolute atomic E-state index is 0.151. The summed E-state index contributed by atoms with van der Waals surface area (Å²) in [5.41, 5.74) is 3.06. The Hall–Kier alpha value is -2.30. The van der Waals surface area contributed by atoms with Gasteiger partial charge in [-0.25, -0.2) is 0 Å². The molecule has 2 rings (SSSR count). The van der Waals surface area contributed by atoms with Crippen molar-refractivity contribution in [2.24, 2.45) is 0 Å². The number of H-pyrrole nitrogens is 1. The van der Waals surface area contributed by atoms with Crippen LogP contribution in [-0.4, -0.2) is 40.0 Å². The van der Waals surface area contributed by atoms with Gasteiger partial charge in [0.15, 0.2) is 0 Å². The first-order valence-electron chi connectivity index (χ1n) is 7.08. The van der Waals surface area contributed by atoms with Gasteiger partial charge in [0.1, 0.15) is 6.54 Å². The highest BCUT2D eigenvalue weighted by Crippen LogP contribution is 2.22. The molecule has 2 aromatic rings. The largest absolute Gasteiger partial charge is 0.480 e. The Bertz CT molecular complexity index is 661. The number of aromatic amines is 1. The van der Waals surface area contributed by atoms with Gasteiger partial charge in [-0.1, -0.05) is 25.1 Å². The van der Waals surface area contributed by atoms with Crippen molar-refractivity contribution in [3.8, 4) is 0 Å². The molecule has 0 bridgehead atoms. The molecule has 1 aromatic carbocycles. The van der Waals surface area contributed by atoms with Crippen LogP contribution in [-0.2, 0) is 16.0 Å². The molecule has 21 heavy (non-hydrogen) atoms. The molecule has 0 fully saturated rings. The maximum Gasteiger partial charge on any atom is 0.323 e. The van der Waals surface area contributed by atoms with E-state index >= 15 is 0 Å². The Morgan fingerprint density at radius 3 is 2.76 bits per heavy atom. The Morgan fingerprint density at radius 1 is 1.33 bits per heavy atom. The van der Waals surface area contributed by atoms with E-state index in [0.29, 0.717) is 6.54 Å². The van der Waals surface area contributed by atoms with Crippen LogP contribution in [0, 0.1) is 6.92 Å². The van der Waals surface area contributed by atoms with E-state index in [1.807, 2.05) is 38.2 Å². The van der Waals surface area contributed by atoms with Crippen molar-refractivity contribution in [1.82, 2.24) is 9.88 Å². The zero-order valence-corrected chi connectivity index (χ0v) is 12.3. The van der Waals surface area contributed by atoms with Crippen molar-refractivity contribution >= 4 is 22.8 Å². The average molecular weight is 288 g/mol. The Balaban J connectivity index is 2.20. The molecule has 0 atom stereocenters. The van der Waals surface area contributed by atoms with Crippen molar-refractivity contribution in [2.75, 3.05) is 13.1 Å². The van der Waals surface area contributed by atoms with Crippen LogP contribution in [0.5, 0.6) is 0 Å². The van der Waals surface area contributed by atoms with Gasteiger partial charge in [-0.2, -0.15) is 0 Å². The summed E-state index contributed by atoms with van der Waals surface area (Å²) in [5.74, 6) is -1.13. The zero-order chi connectivity index (χ0) is 15.4. The van der Waals surface area contributed by atoms with Crippen LogP contribution in [0.2, 0.25) is 0 Å². The zero-order valence-electron chi connectivity index (χ0n) is 12.3. The molecule has 0 aliphatic rings. The summed E-state index contributed by atoms with van der Waals surface area (Å²) in [6.07, 6.45) is 2.79. The Morgan fingerprint density at radius 2 is 2.10 bits per heavy atom. The van der Waals surface area contributed by atoms with Gasteiger partial charge in [-0.15, -0.1) is 0 Å². The number of para-hydroxylation sites is 1. The molecule has 2 N–H and O–H groups in total. The first-order valence-corrected chi connectivity index (χ1v) is 7.08. The summed E-state index contributed by atoms with van der Waals surface area (Å²) in [5, 5.41) is 9.92. The van der Waals surface area contributed by atoms with Crippen molar-refractivity contribution in [3.05, 3.63) is 35.5 Å². The van der Waals surface area contributed by atoms with Crippen LogP contribution in [0.25, 0.3) is 10.9 Å². The number of carboxylic acid groups (broad SMARTS) is 1. The molecular formula is C16H20N2O3. The summed E-state index contributed by atoms with van der Waals surface area (Å²) < 4.78 is 0. The molecule has 0 spiro atoms. The molecule has 0 saturated carbocycles. The monoisotopic (exact) mass is 288 g/mol. The normalized spacial score (nSPS) is 10.8. The van der Waals surface area contributed by atoms with E-state index < -0.39 is 5.97 Å². The van der Waals surface area contributed by atoms with Gasteiger partial charge < -0.3 is 15.0 Å². The van der Waals surface area contributed by atoms with Gasteiger partial charge in [0.2, 0.25) is 5.91 Å². The second kappa shape index (κ2) is 6.43. The second-order valence-corrected chi connectivity index (χ2v) is 5.20. The summed E-state index contributed by atoms with van der Waals surface area (Å²) in [6.45, 7) is 4.16. The van der Waals surface area contributed by atoms with Gasteiger partial charge >= 0.3 is 5.97 Å². The van der Waals surface area contributed by atoms with Crippen LogP contribution in [0.15, 0.2) is 24.4 Å². The van der Waals surface area contributed by atoms with Crippen molar-refractivity contribution in [1.29, 1.82) is 0 Å². The molecule has 5 nitrogen and oxygen atoms in total. The molecule has 1 amide bonds. The van der Waals surface area contributed by atoms with Crippen molar-refractivity contribution < 1.29 is 14.7 Å². The highest BCUT2D eigenvalue weighted by Gasteiger charge is 2.18. The number of rotatable bonds is 6. The molecule has 0 aliphatic heterocycles. The third-order valence-corrected chi connectivity index (χ3v) is 3.52. The number of carboxylic acids is 1. The Kier molecular flexibility index (Phi) is 4.62. The summed E-state index contributed by atoms with van der Waals surface area (Å²) >= 11 is 0. The number of hydrogen-bond acceptors (Lipinski definition) is 2. The van der Waals surface area contributed by atoms with Gasteiger partial charge in [0, 0.05) is 23.6 Å². The third kappa shape index (κ3) is 3.42. The standard InChI is InChI=1S/C16H20N2O3/c1-3-7-18(10-15(20)21)14(19)8-12-9-17-16-11(2)5-4-6-13(12)16/h4-6,9,17H,3,7-8,10H2,1-2H3,(H,20,21). The lowest BCUT2D eigenvalue weighted by Gasteiger charge is -2.19. The number of nitrogens with one attached hydrogen (secondary N) is 1. The molecule has 5 heteroatoms. The first kappa shape index (κ1) is 15.1. The van der Waals surface area contributed by atoms with E-state index in [-0.39, 0.29) is 18.9 Å². The lowest BCUT2D eigenvalue weighted by molar-refractivity contribution is -0.144. The van der Waals surface area contributed by atoms with E-state index in [1.54, 1.807) is 0 Å². The van der Waals surface area contributed by atoms with Crippen LogP contribution in [0.4, 0.5) is 0 Å². The number of carbonyl (C=O) groups is 2. The maximum absolute atomic E-state index is 12.3. The van der Waals surface area contributed by atoms with Gasteiger partial charge in [0.05, 0.1) is 6.42 Å². The molecular weight excluding hydrogens is 268 g/mol. The van der Waals surface area contributed by atoms with Crippen LogP contribution < -0.4 is 0 Å². The lowest BCUT2D eigenvalue weighted by atomic mass is 10.1. The van der Waals surface area contributed by atoms with Crippen LogP contribution in [0.1, 0.15) is 24.5 Å². The number of fused-ring (bicyclic) bond motifs is 1. The highest BCUT2D eigenvalue weighted by atomic mass is 16.4. The number of aryl methyl sites for hydroxylation is 1. The van der Waals surface area contributed by atoms with E-state index in [1.165, 1.54) is 4.90 Å². The van der Waals surface area contributed by atoms with Crippen molar-refractivity contribution in [3.63, 3.8) is 0 Å². The third-order valence-electron chi connectivity index (χ3n) is 3.52. The molecule has 0 aliphatic carbocycles. The van der Waals surface area contributed by atoms with Crippen molar-refractivity contribution in [2.45, 2.75) is 26.7 Å². The maximum atomic E-state index is 12.3. The molecule has 0 saturated heterocycles. The topological polar surface area (TPSA) is 73.4 Å². The fourth-order valence-electron chi connectivity index (χ4n) is 2.51. The minimum atomic E-state index is -0.980. The fraction of sp³-hybridized carbons (Fsp3) is 0.375. The molecule has 0 radical (unpaired) electrons. The molecule has 1 heterocycles. The quantitative estimate of drug-likeness (QED) is 0.857. The van der Waals surface area contributed by atoms with Crippen LogP contribution in [0.3, 0.4) is 0 Å². The summed E-state index contributed by atoms with van der Waals surface area (Å²) in [6, 6.07) is 5.95. The van der Waals surface area contributed by atoms with Gasteiger partial charge in [0.25, 0.3) is 0 Å². The van der Waals surface area contributed by atoms with E-state index in [9.17, 15) is 9.59 Å². The van der Waals surface area contributed by atoms with E-state index in [0.717, 1.165) is 28.5 Å². The number of aliphatic carboxylic acids is 1. The first-order chi connectivity index (χ1) is 10.0.